The van der Waals surface area contributed by atoms with E-state index < -0.39 is 6.10 Å². The lowest BCUT2D eigenvalue weighted by molar-refractivity contribution is -0.0132. The van der Waals surface area contributed by atoms with E-state index in [2.05, 4.69) is 14.8 Å². The molecule has 0 bridgehead atoms. The molecular weight excluding hydrogens is 508 g/mol. The van der Waals surface area contributed by atoms with Crippen molar-refractivity contribution in [2.75, 3.05) is 66.8 Å². The van der Waals surface area contributed by atoms with Gasteiger partial charge in [-0.05, 0) is 31.5 Å². The van der Waals surface area contributed by atoms with Gasteiger partial charge in [-0.1, -0.05) is 6.07 Å². The zero-order chi connectivity index (χ0) is 27.1. The predicted molar refractivity (Wildman–Crippen MR) is 148 cm³/mol. The molecule has 0 radical (unpaired) electrons. The standard InChI is InChI=1S/C27H38N4O6S/c1-18(2)37-16-20(32)14-31(8-7-30-9-11-36-12-10-30)15-24-28-26(33)25-21(17-38-27(25)29-24)19-5-6-22(34-3)23(13-19)35-4/h5-6,13,17-18,20,32H,7-12,14-16H2,1-4H3,(H,28,29,33). The molecule has 0 saturated carbocycles. The van der Waals surface area contributed by atoms with E-state index in [1.54, 1.807) is 14.2 Å². The molecule has 1 saturated heterocycles. The summed E-state index contributed by atoms with van der Waals surface area (Å²) in [6.07, 6.45) is -0.596. The Morgan fingerprint density at radius 2 is 1.97 bits per heavy atom. The fourth-order valence-corrected chi connectivity index (χ4v) is 5.46. The number of aromatic nitrogens is 2. The van der Waals surface area contributed by atoms with Gasteiger partial charge >= 0.3 is 0 Å². The van der Waals surface area contributed by atoms with E-state index in [9.17, 15) is 9.90 Å². The number of benzene rings is 1. The second-order valence-corrected chi connectivity index (χ2v) is 10.5. The van der Waals surface area contributed by atoms with Gasteiger partial charge in [0, 0.05) is 43.7 Å². The maximum absolute atomic E-state index is 13.3. The number of hydrogen-bond acceptors (Lipinski definition) is 10. The number of nitrogens with one attached hydrogen (secondary N) is 1. The third-order valence-corrected chi connectivity index (χ3v) is 7.36. The summed E-state index contributed by atoms with van der Waals surface area (Å²) in [5.74, 6) is 1.80. The number of aliphatic hydroxyl groups is 1. The van der Waals surface area contributed by atoms with Crippen LogP contribution in [0.2, 0.25) is 0 Å². The van der Waals surface area contributed by atoms with Gasteiger partial charge < -0.3 is 29.0 Å². The molecule has 38 heavy (non-hydrogen) atoms. The Labute approximate surface area is 227 Å². The summed E-state index contributed by atoms with van der Waals surface area (Å²) < 4.78 is 21.9. The molecule has 2 N–H and O–H groups in total. The number of thiophene rings is 1. The molecule has 1 aliphatic heterocycles. The fourth-order valence-electron chi connectivity index (χ4n) is 4.49. The lowest BCUT2D eigenvalue weighted by Gasteiger charge is -2.30. The average molecular weight is 547 g/mol. The van der Waals surface area contributed by atoms with Crippen molar-refractivity contribution in [2.24, 2.45) is 0 Å². The average Bonchev–Trinajstić information content (AvgIpc) is 3.35. The number of morpholine rings is 1. The molecule has 1 aromatic carbocycles. The minimum absolute atomic E-state index is 0.0468. The van der Waals surface area contributed by atoms with Crippen LogP contribution in [0, 0.1) is 0 Å². The van der Waals surface area contributed by atoms with Crippen molar-refractivity contribution in [2.45, 2.75) is 32.6 Å². The number of fused-ring (bicyclic) bond motifs is 1. The number of aromatic amines is 1. The molecule has 10 nitrogen and oxygen atoms in total. The molecule has 1 aliphatic rings. The Bertz CT molecular complexity index is 1240. The fraction of sp³-hybridized carbons (Fsp3) is 0.556. The first kappa shape index (κ1) is 28.5. The van der Waals surface area contributed by atoms with Gasteiger partial charge in [0.25, 0.3) is 5.56 Å². The molecule has 1 unspecified atom stereocenters. The van der Waals surface area contributed by atoms with E-state index in [4.69, 9.17) is 23.9 Å². The molecule has 1 atom stereocenters. The van der Waals surface area contributed by atoms with Crippen molar-refractivity contribution < 1.29 is 24.1 Å². The molecule has 0 spiro atoms. The van der Waals surface area contributed by atoms with Crippen LogP contribution in [-0.2, 0) is 16.0 Å². The lowest BCUT2D eigenvalue weighted by Crippen LogP contribution is -2.43. The molecular formula is C27H38N4O6S. The smallest absolute Gasteiger partial charge is 0.260 e. The zero-order valence-electron chi connectivity index (χ0n) is 22.6. The van der Waals surface area contributed by atoms with Crippen molar-refractivity contribution in [3.05, 3.63) is 39.8 Å². The van der Waals surface area contributed by atoms with Crippen LogP contribution in [0.25, 0.3) is 21.3 Å². The number of aliphatic hydroxyl groups excluding tert-OH is 1. The van der Waals surface area contributed by atoms with Crippen molar-refractivity contribution in [1.29, 1.82) is 0 Å². The monoisotopic (exact) mass is 546 g/mol. The molecule has 208 valence electrons. The van der Waals surface area contributed by atoms with Gasteiger partial charge in [-0.15, -0.1) is 11.3 Å². The van der Waals surface area contributed by atoms with Crippen LogP contribution >= 0.6 is 11.3 Å². The first-order valence-electron chi connectivity index (χ1n) is 12.9. The number of ether oxygens (including phenoxy) is 4. The van der Waals surface area contributed by atoms with Gasteiger partial charge in [0.1, 0.15) is 10.7 Å². The van der Waals surface area contributed by atoms with Crippen LogP contribution in [0.3, 0.4) is 0 Å². The number of nitrogens with zero attached hydrogens (tertiary/aromatic N) is 3. The number of H-pyrrole nitrogens is 1. The molecule has 3 aromatic rings. The number of rotatable bonds is 13. The number of hydrogen-bond donors (Lipinski definition) is 2. The van der Waals surface area contributed by atoms with Gasteiger partial charge in [-0.2, -0.15) is 0 Å². The van der Waals surface area contributed by atoms with Crippen molar-refractivity contribution >= 4 is 21.6 Å². The van der Waals surface area contributed by atoms with Gasteiger partial charge in [0.2, 0.25) is 0 Å². The second-order valence-electron chi connectivity index (χ2n) is 9.64. The van der Waals surface area contributed by atoms with Crippen LogP contribution in [0.15, 0.2) is 28.4 Å². The maximum Gasteiger partial charge on any atom is 0.260 e. The summed E-state index contributed by atoms with van der Waals surface area (Å²) in [5, 5.41) is 13.1. The van der Waals surface area contributed by atoms with E-state index in [1.165, 1.54) is 11.3 Å². The van der Waals surface area contributed by atoms with Crippen LogP contribution in [-0.4, -0.2) is 104 Å². The van der Waals surface area contributed by atoms with Gasteiger partial charge in [-0.25, -0.2) is 4.98 Å². The number of methoxy groups -OCH3 is 2. The van der Waals surface area contributed by atoms with Crippen molar-refractivity contribution in [3.63, 3.8) is 0 Å². The summed E-state index contributed by atoms with van der Waals surface area (Å²) in [6, 6.07) is 5.60. The SMILES string of the molecule is COc1ccc(-c2csc3nc(CN(CCN4CCOCC4)CC(O)COC(C)C)[nH]c(=O)c23)cc1OC. The van der Waals surface area contributed by atoms with Gasteiger partial charge in [0.05, 0.1) is 58.2 Å². The first-order chi connectivity index (χ1) is 18.4. The van der Waals surface area contributed by atoms with Crippen LogP contribution in [0.4, 0.5) is 0 Å². The van der Waals surface area contributed by atoms with Crippen LogP contribution in [0.5, 0.6) is 11.5 Å². The van der Waals surface area contributed by atoms with Gasteiger partial charge in [-0.3, -0.25) is 14.6 Å². The Hall–Kier alpha value is -2.54. The molecule has 0 amide bonds. The molecule has 3 heterocycles. The van der Waals surface area contributed by atoms with E-state index in [0.29, 0.717) is 40.6 Å². The summed E-state index contributed by atoms with van der Waals surface area (Å²) in [7, 11) is 3.18. The first-order valence-corrected chi connectivity index (χ1v) is 13.8. The Morgan fingerprint density at radius 1 is 1.21 bits per heavy atom. The highest BCUT2D eigenvalue weighted by molar-refractivity contribution is 7.17. The maximum atomic E-state index is 13.3. The highest BCUT2D eigenvalue weighted by Gasteiger charge is 2.19. The summed E-state index contributed by atoms with van der Waals surface area (Å²) >= 11 is 1.44. The highest BCUT2D eigenvalue weighted by atomic mass is 32.1. The summed E-state index contributed by atoms with van der Waals surface area (Å²) in [5.41, 5.74) is 1.47. The van der Waals surface area contributed by atoms with E-state index in [-0.39, 0.29) is 18.3 Å². The minimum atomic E-state index is -0.643. The normalized spacial score (nSPS) is 15.4. The van der Waals surface area contributed by atoms with Gasteiger partial charge in [0.15, 0.2) is 11.5 Å². The van der Waals surface area contributed by atoms with Crippen LogP contribution in [0.1, 0.15) is 19.7 Å². The van der Waals surface area contributed by atoms with Crippen molar-refractivity contribution in [3.8, 4) is 22.6 Å². The predicted octanol–water partition coefficient (Wildman–Crippen LogP) is 2.59. The second kappa shape index (κ2) is 13.5. The molecule has 2 aromatic heterocycles. The quantitative estimate of drug-likeness (QED) is 0.334. The lowest BCUT2D eigenvalue weighted by atomic mass is 10.1. The highest BCUT2D eigenvalue weighted by Crippen LogP contribution is 2.36. The summed E-state index contributed by atoms with van der Waals surface area (Å²) in [4.78, 5) is 26.2. The molecule has 0 aliphatic carbocycles. The summed E-state index contributed by atoms with van der Waals surface area (Å²) in [6.45, 7) is 9.80. The van der Waals surface area contributed by atoms with Crippen LogP contribution < -0.4 is 15.0 Å². The van der Waals surface area contributed by atoms with E-state index >= 15 is 0 Å². The molecule has 11 heteroatoms. The Morgan fingerprint density at radius 3 is 2.68 bits per heavy atom. The third-order valence-electron chi connectivity index (χ3n) is 6.49. The largest absolute Gasteiger partial charge is 0.493 e. The van der Waals surface area contributed by atoms with Crippen molar-refractivity contribution in [1.82, 2.24) is 19.8 Å². The molecule has 4 rings (SSSR count). The molecule has 1 fully saturated rings. The Balaban J connectivity index is 1.54. The van der Waals surface area contributed by atoms with E-state index in [1.807, 2.05) is 37.4 Å². The minimum Gasteiger partial charge on any atom is -0.493 e. The third kappa shape index (κ3) is 7.31. The topological polar surface area (TPSA) is 109 Å². The van der Waals surface area contributed by atoms with E-state index in [0.717, 1.165) is 50.5 Å². The Kier molecular flexibility index (Phi) is 10.1. The zero-order valence-corrected chi connectivity index (χ0v) is 23.4.